The minimum Gasteiger partial charge on any atom is -0.462 e. The zero-order valence-corrected chi connectivity index (χ0v) is 39.5. The molecule has 5 aliphatic carbocycles. The maximum Gasteiger partial charge on any atom is 0.490 e. The molecule has 1 unspecified atom stereocenters. The molecule has 5 rings (SSSR count). The van der Waals surface area contributed by atoms with Crippen molar-refractivity contribution in [1.82, 2.24) is 0 Å². The molecule has 12 nitrogen and oxygen atoms in total. The van der Waals surface area contributed by atoms with Gasteiger partial charge >= 0.3 is 48.2 Å². The zero-order valence-electron chi connectivity index (χ0n) is 39.5. The molecule has 0 amide bonds. The van der Waals surface area contributed by atoms with Crippen LogP contribution in [0.3, 0.4) is 0 Å². The molecule has 0 radical (unpaired) electrons. The van der Waals surface area contributed by atoms with E-state index in [-0.39, 0.29) is 47.0 Å². The molecule has 0 aromatic rings. The first-order valence-corrected chi connectivity index (χ1v) is 21.5. The monoisotopic (exact) mass is 974 g/mol. The highest BCUT2D eigenvalue weighted by atomic mass is 19.4. The minimum atomic E-state index is -5.03. The van der Waals surface area contributed by atoms with E-state index in [2.05, 4.69) is 51.8 Å². The molecular formula is C47H66F8O12. The van der Waals surface area contributed by atoms with E-state index < -0.39 is 67.9 Å². The average Bonchev–Trinajstić information content (AvgIpc) is 3.18. The van der Waals surface area contributed by atoms with Gasteiger partial charge in [-0.1, -0.05) is 39.3 Å². The van der Waals surface area contributed by atoms with E-state index in [4.69, 9.17) is 9.47 Å². The minimum absolute atomic E-state index is 0.0499. The summed E-state index contributed by atoms with van der Waals surface area (Å²) >= 11 is 0. The van der Waals surface area contributed by atoms with Gasteiger partial charge in [-0.15, -0.1) is 0 Å². The highest BCUT2D eigenvalue weighted by Crippen LogP contribution is 2.57. The lowest BCUT2D eigenvalue weighted by Gasteiger charge is -2.55. The summed E-state index contributed by atoms with van der Waals surface area (Å²) in [5.41, 5.74) is 1.21. The van der Waals surface area contributed by atoms with Crippen molar-refractivity contribution >= 4 is 35.8 Å². The second kappa shape index (κ2) is 28.3. The van der Waals surface area contributed by atoms with Crippen LogP contribution in [0, 0.1) is 17.8 Å². The molecule has 5 fully saturated rings. The number of rotatable bonds is 14. The second-order valence-corrected chi connectivity index (χ2v) is 17.4. The van der Waals surface area contributed by atoms with E-state index in [1.807, 2.05) is 0 Å². The van der Waals surface area contributed by atoms with E-state index in [1.54, 1.807) is 13.8 Å². The fourth-order valence-corrected chi connectivity index (χ4v) is 7.12. The molecule has 0 spiro atoms. The SMILES string of the molecule is C=C(C)C(=O)OC(C)C(F)(F)F.C=C(C)C(=O)OC12CC3CC(CC(C3)C1)C2.C=C(C)C(=O)OC1CCCCC1.C=C(C)C(=O)OCCC(C)(F)F.C=C(C)C(=O)OCCOC(=O)C(F)(F)F. The van der Waals surface area contributed by atoms with Crippen LogP contribution >= 0.6 is 0 Å². The van der Waals surface area contributed by atoms with Crippen LogP contribution in [0.15, 0.2) is 60.8 Å². The number of esters is 6. The van der Waals surface area contributed by atoms with Crippen molar-refractivity contribution in [1.29, 1.82) is 0 Å². The van der Waals surface area contributed by atoms with Crippen LogP contribution in [0.1, 0.15) is 126 Å². The quantitative estimate of drug-likeness (QED) is 0.0534. The molecule has 20 heteroatoms. The van der Waals surface area contributed by atoms with Gasteiger partial charge in [0.2, 0.25) is 5.92 Å². The number of halogens is 8. The lowest BCUT2D eigenvalue weighted by molar-refractivity contribution is -0.213. The van der Waals surface area contributed by atoms with E-state index in [0.29, 0.717) is 11.1 Å². The summed E-state index contributed by atoms with van der Waals surface area (Å²) in [7, 11) is 0. The van der Waals surface area contributed by atoms with Crippen molar-refractivity contribution in [3.8, 4) is 0 Å². The molecular weight excluding hydrogens is 908 g/mol. The molecule has 0 N–H and O–H groups in total. The molecule has 5 aliphatic rings. The first kappa shape index (κ1) is 62.0. The summed E-state index contributed by atoms with van der Waals surface area (Å²) in [6.45, 7) is 24.7. The molecule has 0 aliphatic heterocycles. The van der Waals surface area contributed by atoms with Gasteiger partial charge < -0.3 is 28.4 Å². The number of alkyl halides is 8. The van der Waals surface area contributed by atoms with Gasteiger partial charge in [-0.3, -0.25) is 0 Å². The van der Waals surface area contributed by atoms with Crippen LogP contribution in [0.2, 0.25) is 0 Å². The van der Waals surface area contributed by atoms with Gasteiger partial charge in [-0.2, -0.15) is 26.3 Å². The predicted octanol–water partition coefficient (Wildman–Crippen LogP) is 10.9. The Hall–Kier alpha value is -5.04. The highest BCUT2D eigenvalue weighted by Gasteiger charge is 2.53. The topological polar surface area (TPSA) is 158 Å². The normalized spacial score (nSPS) is 20.8. The third-order valence-electron chi connectivity index (χ3n) is 10.2. The number of carbonyl (C=O) groups excluding carboxylic acids is 6. The zero-order chi connectivity index (χ0) is 52.1. The van der Waals surface area contributed by atoms with Crippen molar-refractivity contribution in [3.05, 3.63) is 60.8 Å². The molecule has 4 bridgehead atoms. The maximum absolute atomic E-state index is 12.2. The standard InChI is InChI=1S/C14H20O2.C10H16O2.C8H9F3O4.C8H12F2O2.C7H9F3O2/c1-9(2)13(15)16-14-6-10-3-11(7-14)5-12(4-10)8-14;1-8(2)10(11)12-9-6-4-3-5-7-9;1-5(2)6(12)14-3-4-15-7(13)8(9,10)11;1-6(2)7(11)12-5-4-8(3,9)10;1-4(2)6(11)12-5(3)7(8,9)10/h10-12H,1,3-8H2,2H3;9H,1,3-7H2,2H3;1,3-4H2,2H3;1,4-5H2,2-3H3;5H,1H2,2-3H3. The van der Waals surface area contributed by atoms with Gasteiger partial charge in [-0.25, -0.2) is 37.5 Å². The molecule has 0 heterocycles. The summed E-state index contributed by atoms with van der Waals surface area (Å²) in [5, 5.41) is 0. The Morgan fingerprint density at radius 1 is 0.567 bits per heavy atom. The lowest BCUT2D eigenvalue weighted by Crippen LogP contribution is -2.52. The number of hydrogen-bond acceptors (Lipinski definition) is 12. The Labute approximate surface area is 387 Å². The Morgan fingerprint density at radius 2 is 0.955 bits per heavy atom. The van der Waals surface area contributed by atoms with Crippen LogP contribution in [-0.2, 0) is 57.2 Å². The summed E-state index contributed by atoms with van der Waals surface area (Å²) in [6.07, 6.45) is 1.26. The van der Waals surface area contributed by atoms with Crippen molar-refractivity contribution < 1.29 is 92.3 Å². The van der Waals surface area contributed by atoms with Gasteiger partial charge in [-0.05, 0) is 130 Å². The third kappa shape index (κ3) is 26.8. The number of ether oxygens (including phenoxy) is 6. The van der Waals surface area contributed by atoms with Crippen molar-refractivity contribution in [2.45, 2.75) is 162 Å². The van der Waals surface area contributed by atoms with Crippen LogP contribution in [0.4, 0.5) is 35.1 Å². The van der Waals surface area contributed by atoms with Gasteiger partial charge in [0.1, 0.15) is 24.9 Å². The Bertz CT molecular complexity index is 1720. The first-order chi connectivity index (χ1) is 30.6. The third-order valence-corrected chi connectivity index (χ3v) is 10.2. The maximum atomic E-state index is 12.2. The second-order valence-electron chi connectivity index (χ2n) is 17.4. The van der Waals surface area contributed by atoms with E-state index >= 15 is 0 Å². The summed E-state index contributed by atoms with van der Waals surface area (Å²) in [5.74, 6) is -5.44. The van der Waals surface area contributed by atoms with E-state index in [1.165, 1.54) is 59.3 Å². The molecule has 0 aromatic heterocycles. The Balaban J connectivity index is 0.000000819. The number of carbonyl (C=O) groups is 6. The van der Waals surface area contributed by atoms with Gasteiger partial charge in [0, 0.05) is 34.3 Å². The average molecular weight is 975 g/mol. The molecule has 0 saturated heterocycles. The van der Waals surface area contributed by atoms with Gasteiger partial charge in [0.15, 0.2) is 6.10 Å². The van der Waals surface area contributed by atoms with E-state index in [9.17, 15) is 63.9 Å². The molecule has 1 atom stereocenters. The Kier molecular flexibility index (Phi) is 26.2. The van der Waals surface area contributed by atoms with E-state index in [0.717, 1.165) is 63.7 Å². The van der Waals surface area contributed by atoms with Crippen LogP contribution in [-0.4, -0.2) is 91.7 Å². The van der Waals surface area contributed by atoms with Crippen molar-refractivity contribution in [3.63, 3.8) is 0 Å². The first-order valence-electron chi connectivity index (χ1n) is 21.5. The van der Waals surface area contributed by atoms with Crippen LogP contribution in [0.25, 0.3) is 0 Å². The molecule has 67 heavy (non-hydrogen) atoms. The smallest absolute Gasteiger partial charge is 0.462 e. The fraction of sp³-hybridized carbons (Fsp3) is 0.660. The lowest BCUT2D eigenvalue weighted by atomic mass is 9.54. The summed E-state index contributed by atoms with van der Waals surface area (Å²) < 4.78 is 122. The Morgan fingerprint density at radius 3 is 1.31 bits per heavy atom. The largest absolute Gasteiger partial charge is 0.490 e. The van der Waals surface area contributed by atoms with Crippen LogP contribution in [0.5, 0.6) is 0 Å². The highest BCUT2D eigenvalue weighted by molar-refractivity contribution is 5.88. The van der Waals surface area contributed by atoms with Gasteiger partial charge in [0.25, 0.3) is 0 Å². The summed E-state index contributed by atoms with van der Waals surface area (Å²) in [6, 6.07) is 0. The summed E-state index contributed by atoms with van der Waals surface area (Å²) in [4.78, 5) is 64.9. The fourth-order valence-electron chi connectivity index (χ4n) is 7.12. The molecule has 5 saturated carbocycles. The van der Waals surface area contributed by atoms with Crippen molar-refractivity contribution in [2.75, 3.05) is 19.8 Å². The van der Waals surface area contributed by atoms with Gasteiger partial charge in [0.05, 0.1) is 6.61 Å². The predicted molar refractivity (Wildman–Crippen MR) is 230 cm³/mol. The van der Waals surface area contributed by atoms with Crippen LogP contribution < -0.4 is 0 Å². The molecule has 382 valence electrons. The molecule has 0 aromatic carbocycles. The number of hydrogen-bond donors (Lipinski definition) is 0. The van der Waals surface area contributed by atoms with Crippen molar-refractivity contribution in [2.24, 2.45) is 17.8 Å².